The second-order valence-corrected chi connectivity index (χ2v) is 8.08. The quantitative estimate of drug-likeness (QED) is 0.853. The van der Waals surface area contributed by atoms with Crippen LogP contribution in [0.3, 0.4) is 0 Å². The van der Waals surface area contributed by atoms with Crippen LogP contribution in [0.1, 0.15) is 24.8 Å². The van der Waals surface area contributed by atoms with E-state index in [1.165, 1.54) is 6.07 Å². The van der Waals surface area contributed by atoms with Crippen molar-refractivity contribution in [2.24, 2.45) is 23.7 Å². The van der Waals surface area contributed by atoms with Crippen LogP contribution in [-0.2, 0) is 15.8 Å². The second kappa shape index (κ2) is 6.97. The first-order valence-corrected chi connectivity index (χ1v) is 9.69. The predicted molar refractivity (Wildman–Crippen MR) is 95.7 cm³/mol. The minimum atomic E-state index is -4.39. The second-order valence-electron chi connectivity index (χ2n) is 8.08. The van der Waals surface area contributed by atoms with Crippen molar-refractivity contribution in [2.45, 2.75) is 25.4 Å². The molecule has 8 heteroatoms. The fraction of sp³-hybridized carbons (Fsp3) is 0.600. The smallest absolute Gasteiger partial charge is 0.416 e. The lowest BCUT2D eigenvalue weighted by Crippen LogP contribution is -2.52. The summed E-state index contributed by atoms with van der Waals surface area (Å²) in [6, 6.07) is 5.21. The zero-order valence-electron chi connectivity index (χ0n) is 15.4. The van der Waals surface area contributed by atoms with Gasteiger partial charge in [-0.2, -0.15) is 13.2 Å². The van der Waals surface area contributed by atoms with Crippen molar-refractivity contribution in [3.8, 4) is 0 Å². The summed E-state index contributed by atoms with van der Waals surface area (Å²) >= 11 is 0. The minimum absolute atomic E-state index is 0.0942. The van der Waals surface area contributed by atoms with E-state index >= 15 is 0 Å². The Hall–Kier alpha value is -2.25. The Morgan fingerprint density at radius 3 is 2.25 bits per heavy atom. The molecule has 1 amide bonds. The van der Waals surface area contributed by atoms with E-state index in [9.17, 15) is 27.9 Å². The Morgan fingerprint density at radius 2 is 1.64 bits per heavy atom. The third-order valence-electron chi connectivity index (χ3n) is 6.62. The largest absolute Gasteiger partial charge is 0.481 e. The van der Waals surface area contributed by atoms with Gasteiger partial charge in [-0.25, -0.2) is 0 Å². The standard InChI is InChI=1S/C20H23F3N2O3/c21-20(22,23)14-2-1-3-15(11-14)24-6-8-25(9-7-24)18(26)16-12-4-5-13(10-12)17(16)19(27)28/h1-3,11-13,16-17H,4-10H2,(H,27,28)/t12-,13+,16-,17+/m0/s1. The first-order valence-electron chi connectivity index (χ1n) is 9.69. The number of amides is 1. The van der Waals surface area contributed by atoms with E-state index in [4.69, 9.17) is 0 Å². The summed E-state index contributed by atoms with van der Waals surface area (Å²) in [5, 5.41) is 9.56. The molecule has 0 unspecified atom stereocenters. The zero-order valence-corrected chi connectivity index (χ0v) is 15.4. The molecule has 2 aliphatic carbocycles. The van der Waals surface area contributed by atoms with E-state index in [1.54, 1.807) is 11.0 Å². The molecule has 1 aromatic carbocycles. The van der Waals surface area contributed by atoms with Crippen molar-refractivity contribution < 1.29 is 27.9 Å². The Morgan fingerprint density at radius 1 is 1.00 bits per heavy atom. The van der Waals surface area contributed by atoms with Crippen LogP contribution in [0.4, 0.5) is 18.9 Å². The molecule has 1 N–H and O–H groups in total. The van der Waals surface area contributed by atoms with Gasteiger partial charge in [0, 0.05) is 31.9 Å². The van der Waals surface area contributed by atoms with E-state index in [2.05, 4.69) is 0 Å². The van der Waals surface area contributed by atoms with E-state index in [-0.39, 0.29) is 17.7 Å². The molecular weight excluding hydrogens is 373 g/mol. The third kappa shape index (κ3) is 3.33. The van der Waals surface area contributed by atoms with Crippen LogP contribution in [0.5, 0.6) is 0 Å². The van der Waals surface area contributed by atoms with Crippen LogP contribution in [-0.4, -0.2) is 48.1 Å². The van der Waals surface area contributed by atoms with E-state index in [0.29, 0.717) is 31.9 Å². The predicted octanol–water partition coefficient (Wildman–Crippen LogP) is 3.10. The molecule has 4 atom stereocenters. The van der Waals surface area contributed by atoms with Gasteiger partial charge in [0.05, 0.1) is 17.4 Å². The van der Waals surface area contributed by atoms with Crippen LogP contribution in [0, 0.1) is 23.7 Å². The maximum Gasteiger partial charge on any atom is 0.416 e. The number of piperazine rings is 1. The molecule has 1 aromatic rings. The number of alkyl halides is 3. The fourth-order valence-electron chi connectivity index (χ4n) is 5.28. The zero-order chi connectivity index (χ0) is 20.1. The number of carboxylic acid groups (broad SMARTS) is 1. The number of hydrogen-bond donors (Lipinski definition) is 1. The van der Waals surface area contributed by atoms with Crippen molar-refractivity contribution in [3.05, 3.63) is 29.8 Å². The molecule has 4 rings (SSSR count). The summed E-state index contributed by atoms with van der Waals surface area (Å²) in [6.07, 6.45) is -1.78. The van der Waals surface area contributed by atoms with Crippen LogP contribution in [0.2, 0.25) is 0 Å². The number of hydrogen-bond acceptors (Lipinski definition) is 3. The summed E-state index contributed by atoms with van der Waals surface area (Å²) in [7, 11) is 0. The summed E-state index contributed by atoms with van der Waals surface area (Å²) < 4.78 is 38.8. The van der Waals surface area contributed by atoms with Gasteiger partial charge in [0.1, 0.15) is 0 Å². The molecule has 5 nitrogen and oxygen atoms in total. The van der Waals surface area contributed by atoms with Gasteiger partial charge in [-0.15, -0.1) is 0 Å². The lowest BCUT2D eigenvalue weighted by Gasteiger charge is -2.39. The Bertz CT molecular complexity index is 774. The maximum absolute atomic E-state index is 13.0. The van der Waals surface area contributed by atoms with Gasteiger partial charge in [0.2, 0.25) is 5.91 Å². The first-order chi connectivity index (χ1) is 13.3. The normalized spacial score (nSPS) is 30.0. The van der Waals surface area contributed by atoms with Crippen LogP contribution < -0.4 is 4.90 Å². The number of halogens is 3. The molecule has 0 aromatic heterocycles. The summed E-state index contributed by atoms with van der Waals surface area (Å²) in [5.41, 5.74) is -0.194. The molecule has 3 fully saturated rings. The van der Waals surface area contributed by atoms with Crippen molar-refractivity contribution in [2.75, 3.05) is 31.1 Å². The Balaban J connectivity index is 1.42. The SMILES string of the molecule is O=C(O)[C@@H]1[C@@H]2CC[C@@H](C2)[C@@H]1C(=O)N1CCN(c2cccc(C(F)(F)F)c2)CC1. The highest BCUT2D eigenvalue weighted by Gasteiger charge is 2.54. The highest BCUT2D eigenvalue weighted by Crippen LogP contribution is 2.53. The molecule has 0 radical (unpaired) electrons. The average molecular weight is 396 g/mol. The Labute approximate surface area is 161 Å². The summed E-state index contributed by atoms with van der Waals surface area (Å²) in [6.45, 7) is 1.67. The average Bonchev–Trinajstić information content (AvgIpc) is 3.28. The fourth-order valence-corrected chi connectivity index (χ4v) is 5.28. The highest BCUT2D eigenvalue weighted by molar-refractivity contribution is 5.86. The van der Waals surface area contributed by atoms with Crippen LogP contribution >= 0.6 is 0 Å². The van der Waals surface area contributed by atoms with Gasteiger partial charge in [-0.05, 0) is 49.3 Å². The van der Waals surface area contributed by atoms with Gasteiger partial charge in [0.25, 0.3) is 0 Å². The molecule has 152 valence electrons. The number of carbonyl (C=O) groups excluding carboxylic acids is 1. The number of nitrogens with zero attached hydrogens (tertiary/aromatic N) is 2. The number of fused-ring (bicyclic) bond motifs is 2. The lowest BCUT2D eigenvalue weighted by atomic mass is 9.78. The molecule has 0 spiro atoms. The lowest BCUT2D eigenvalue weighted by molar-refractivity contribution is -0.153. The molecule has 1 saturated heterocycles. The Kier molecular flexibility index (Phi) is 4.75. The topological polar surface area (TPSA) is 60.9 Å². The van der Waals surface area contributed by atoms with Crippen molar-refractivity contribution >= 4 is 17.6 Å². The first kappa shape index (κ1) is 19.1. The monoisotopic (exact) mass is 396 g/mol. The molecule has 1 heterocycles. The van der Waals surface area contributed by atoms with Gasteiger partial charge in [-0.3, -0.25) is 9.59 Å². The molecule has 2 saturated carbocycles. The summed E-state index contributed by atoms with van der Waals surface area (Å²) in [4.78, 5) is 28.2. The van der Waals surface area contributed by atoms with Crippen molar-refractivity contribution in [1.82, 2.24) is 4.90 Å². The van der Waals surface area contributed by atoms with E-state index in [0.717, 1.165) is 31.4 Å². The third-order valence-corrected chi connectivity index (χ3v) is 6.62. The van der Waals surface area contributed by atoms with Gasteiger partial charge in [-0.1, -0.05) is 6.07 Å². The number of anilines is 1. The molecule has 28 heavy (non-hydrogen) atoms. The van der Waals surface area contributed by atoms with Crippen molar-refractivity contribution in [3.63, 3.8) is 0 Å². The number of rotatable bonds is 3. The maximum atomic E-state index is 13.0. The van der Waals surface area contributed by atoms with Crippen LogP contribution in [0.15, 0.2) is 24.3 Å². The molecule has 1 aliphatic heterocycles. The highest BCUT2D eigenvalue weighted by atomic mass is 19.4. The number of benzene rings is 1. The molecule has 3 aliphatic rings. The number of carbonyl (C=O) groups is 2. The van der Waals surface area contributed by atoms with Gasteiger partial charge >= 0.3 is 12.1 Å². The van der Waals surface area contributed by atoms with Crippen LogP contribution in [0.25, 0.3) is 0 Å². The van der Waals surface area contributed by atoms with Gasteiger partial charge < -0.3 is 14.9 Å². The molecular formula is C20H23F3N2O3. The van der Waals surface area contributed by atoms with Crippen molar-refractivity contribution in [1.29, 1.82) is 0 Å². The molecule has 2 bridgehead atoms. The minimum Gasteiger partial charge on any atom is -0.481 e. The van der Waals surface area contributed by atoms with E-state index in [1.807, 2.05) is 4.90 Å². The number of carboxylic acids is 1. The van der Waals surface area contributed by atoms with E-state index < -0.39 is 29.5 Å². The van der Waals surface area contributed by atoms with Gasteiger partial charge in [0.15, 0.2) is 0 Å². The summed E-state index contributed by atoms with van der Waals surface area (Å²) in [5.74, 6) is -1.76. The number of aliphatic carboxylic acids is 1.